The Labute approximate surface area is 163 Å². The van der Waals surface area contributed by atoms with E-state index < -0.39 is 11.3 Å². The van der Waals surface area contributed by atoms with Crippen molar-refractivity contribution in [1.29, 1.82) is 0 Å². The molecule has 0 unspecified atom stereocenters. The maximum absolute atomic E-state index is 12.6. The van der Waals surface area contributed by atoms with E-state index in [9.17, 15) is 9.59 Å². The summed E-state index contributed by atoms with van der Waals surface area (Å²) in [5.74, 6) is -0.204. The van der Waals surface area contributed by atoms with Crippen LogP contribution in [0.2, 0.25) is 0 Å². The van der Waals surface area contributed by atoms with Crippen LogP contribution < -0.4 is 5.32 Å². The third-order valence-corrected chi connectivity index (χ3v) is 4.90. The van der Waals surface area contributed by atoms with E-state index in [0.29, 0.717) is 5.82 Å². The highest BCUT2D eigenvalue weighted by Gasteiger charge is 2.52. The molecule has 1 aromatic heterocycles. The van der Waals surface area contributed by atoms with Crippen LogP contribution in [0, 0.1) is 6.92 Å². The number of nitrogens with zero attached hydrogens (tertiary/aromatic N) is 2. The molecule has 0 aliphatic heterocycles. The number of amides is 1. The van der Waals surface area contributed by atoms with Crippen LogP contribution in [-0.4, -0.2) is 28.3 Å². The van der Waals surface area contributed by atoms with Crippen LogP contribution in [0.25, 0.3) is 5.69 Å². The molecule has 1 heterocycles. The van der Waals surface area contributed by atoms with Crippen LogP contribution in [-0.2, 0) is 19.7 Å². The molecule has 28 heavy (non-hydrogen) atoms. The number of nitrogens with one attached hydrogen (secondary N) is 1. The summed E-state index contributed by atoms with van der Waals surface area (Å²) in [5, 5.41) is 7.19. The second-order valence-electron chi connectivity index (χ2n) is 6.99. The molecular formula is C22H21N3O3. The first-order valence-corrected chi connectivity index (χ1v) is 9.23. The van der Waals surface area contributed by atoms with Crippen molar-refractivity contribution in [2.24, 2.45) is 0 Å². The van der Waals surface area contributed by atoms with Crippen molar-refractivity contribution < 1.29 is 14.3 Å². The molecular weight excluding hydrogens is 354 g/mol. The minimum Gasteiger partial charge on any atom is -0.455 e. The van der Waals surface area contributed by atoms with Gasteiger partial charge >= 0.3 is 5.97 Å². The molecule has 0 bridgehead atoms. The number of aryl methyl sites for hydroxylation is 1. The largest absolute Gasteiger partial charge is 0.455 e. The average molecular weight is 375 g/mol. The molecule has 0 saturated heterocycles. The lowest BCUT2D eigenvalue weighted by molar-refractivity contribution is -0.150. The average Bonchev–Trinajstić information content (AvgIpc) is 3.46. The van der Waals surface area contributed by atoms with E-state index in [1.807, 2.05) is 67.6 Å². The van der Waals surface area contributed by atoms with Gasteiger partial charge in [-0.3, -0.25) is 9.59 Å². The number of benzene rings is 2. The lowest BCUT2D eigenvalue weighted by Crippen LogP contribution is -2.28. The van der Waals surface area contributed by atoms with Crippen molar-refractivity contribution >= 4 is 17.7 Å². The Morgan fingerprint density at radius 2 is 1.71 bits per heavy atom. The van der Waals surface area contributed by atoms with E-state index in [1.54, 1.807) is 10.7 Å². The van der Waals surface area contributed by atoms with Gasteiger partial charge in [-0.1, -0.05) is 48.5 Å². The van der Waals surface area contributed by atoms with Gasteiger partial charge in [-0.15, -0.1) is 0 Å². The zero-order valence-corrected chi connectivity index (χ0v) is 15.6. The highest BCUT2D eigenvalue weighted by Crippen LogP contribution is 2.49. The minimum absolute atomic E-state index is 0.327. The first-order valence-electron chi connectivity index (χ1n) is 9.23. The predicted octanol–water partition coefficient (Wildman–Crippen LogP) is 3.39. The maximum Gasteiger partial charge on any atom is 0.317 e. The molecule has 6 heteroatoms. The van der Waals surface area contributed by atoms with Crippen molar-refractivity contribution in [3.63, 3.8) is 0 Å². The van der Waals surface area contributed by atoms with Crippen molar-refractivity contribution in [1.82, 2.24) is 9.78 Å². The number of aromatic nitrogens is 2. The van der Waals surface area contributed by atoms with Crippen LogP contribution in [0.5, 0.6) is 0 Å². The number of anilines is 1. The number of hydrogen-bond donors (Lipinski definition) is 1. The molecule has 3 aromatic rings. The van der Waals surface area contributed by atoms with Gasteiger partial charge in [0.15, 0.2) is 6.61 Å². The molecule has 4 rings (SSSR count). The summed E-state index contributed by atoms with van der Waals surface area (Å²) in [7, 11) is 0. The van der Waals surface area contributed by atoms with E-state index in [0.717, 1.165) is 29.8 Å². The maximum atomic E-state index is 12.6. The topological polar surface area (TPSA) is 73.2 Å². The SMILES string of the molecule is Cc1cc(NC(=O)COC(=O)C2(c3ccccc3)CC2)n(-c2ccccc2)n1. The second-order valence-corrected chi connectivity index (χ2v) is 6.99. The van der Waals surface area contributed by atoms with Crippen molar-refractivity contribution in [2.45, 2.75) is 25.2 Å². The molecule has 0 spiro atoms. The van der Waals surface area contributed by atoms with Gasteiger partial charge in [-0.25, -0.2) is 4.68 Å². The first kappa shape index (κ1) is 18.0. The van der Waals surface area contributed by atoms with Crippen LogP contribution in [0.4, 0.5) is 5.82 Å². The number of hydrogen-bond acceptors (Lipinski definition) is 4. The first-order chi connectivity index (χ1) is 13.6. The summed E-state index contributed by atoms with van der Waals surface area (Å²) in [6.07, 6.45) is 1.49. The standard InChI is InChI=1S/C22H21N3O3/c1-16-14-19(25(24-16)18-10-6-3-7-11-18)23-20(26)15-28-21(27)22(12-13-22)17-8-4-2-5-9-17/h2-11,14H,12-13,15H2,1H3,(H,23,26). The Morgan fingerprint density at radius 3 is 2.36 bits per heavy atom. The van der Waals surface area contributed by atoms with Gasteiger partial charge in [0.05, 0.1) is 16.8 Å². The summed E-state index contributed by atoms with van der Waals surface area (Å²) < 4.78 is 6.98. The third-order valence-electron chi connectivity index (χ3n) is 4.90. The molecule has 1 aliphatic carbocycles. The Morgan fingerprint density at radius 1 is 1.07 bits per heavy atom. The molecule has 142 valence electrons. The number of para-hydroxylation sites is 1. The predicted molar refractivity (Wildman–Crippen MR) is 105 cm³/mol. The number of carbonyl (C=O) groups is 2. The number of ether oxygens (including phenoxy) is 1. The van der Waals surface area contributed by atoms with Crippen molar-refractivity contribution in [3.8, 4) is 5.69 Å². The summed E-state index contributed by atoms with van der Waals surface area (Å²) in [5.41, 5.74) is 1.96. The van der Waals surface area contributed by atoms with Crippen molar-refractivity contribution in [3.05, 3.63) is 78.0 Å². The highest BCUT2D eigenvalue weighted by atomic mass is 16.5. The fourth-order valence-corrected chi connectivity index (χ4v) is 3.30. The molecule has 1 aliphatic rings. The molecule has 6 nitrogen and oxygen atoms in total. The Hall–Kier alpha value is -3.41. The quantitative estimate of drug-likeness (QED) is 0.670. The Balaban J connectivity index is 1.40. The van der Waals surface area contributed by atoms with Gasteiger partial charge in [-0.05, 0) is 37.5 Å². The van der Waals surface area contributed by atoms with Crippen LogP contribution in [0.3, 0.4) is 0 Å². The number of rotatable bonds is 6. The Kier molecular flexibility index (Phi) is 4.69. The molecule has 0 radical (unpaired) electrons. The summed E-state index contributed by atoms with van der Waals surface area (Å²) in [6.45, 7) is 1.53. The summed E-state index contributed by atoms with van der Waals surface area (Å²) in [6, 6.07) is 20.9. The monoisotopic (exact) mass is 375 g/mol. The van der Waals surface area contributed by atoms with Gasteiger partial charge in [0.25, 0.3) is 5.91 Å². The minimum atomic E-state index is -0.593. The lowest BCUT2D eigenvalue weighted by Gasteiger charge is -2.15. The fourth-order valence-electron chi connectivity index (χ4n) is 3.30. The highest BCUT2D eigenvalue weighted by molar-refractivity contribution is 5.94. The molecule has 1 N–H and O–H groups in total. The molecule has 1 fully saturated rings. The molecule has 1 amide bonds. The van der Waals surface area contributed by atoms with E-state index in [-0.39, 0.29) is 12.6 Å². The lowest BCUT2D eigenvalue weighted by atomic mass is 9.96. The summed E-state index contributed by atoms with van der Waals surface area (Å²) >= 11 is 0. The van der Waals surface area contributed by atoms with Gasteiger partial charge in [-0.2, -0.15) is 5.10 Å². The van der Waals surface area contributed by atoms with Gasteiger partial charge in [0, 0.05) is 6.07 Å². The molecule has 2 aromatic carbocycles. The van der Waals surface area contributed by atoms with E-state index >= 15 is 0 Å². The van der Waals surface area contributed by atoms with E-state index in [2.05, 4.69) is 10.4 Å². The van der Waals surface area contributed by atoms with Gasteiger partial charge < -0.3 is 10.1 Å². The van der Waals surface area contributed by atoms with Gasteiger partial charge in [0.2, 0.25) is 0 Å². The third kappa shape index (κ3) is 3.53. The van der Waals surface area contributed by atoms with E-state index in [1.165, 1.54) is 0 Å². The molecule has 1 saturated carbocycles. The Bertz CT molecular complexity index is 992. The normalized spacial score (nSPS) is 14.3. The summed E-state index contributed by atoms with van der Waals surface area (Å²) in [4.78, 5) is 24.9. The molecule has 0 atom stereocenters. The smallest absolute Gasteiger partial charge is 0.317 e. The van der Waals surface area contributed by atoms with Crippen LogP contribution in [0.1, 0.15) is 24.1 Å². The fraction of sp³-hybridized carbons (Fsp3) is 0.227. The van der Waals surface area contributed by atoms with Crippen molar-refractivity contribution in [2.75, 3.05) is 11.9 Å². The second kappa shape index (κ2) is 7.31. The zero-order chi connectivity index (χ0) is 19.6. The van der Waals surface area contributed by atoms with Crippen LogP contribution >= 0.6 is 0 Å². The number of esters is 1. The zero-order valence-electron chi connectivity index (χ0n) is 15.6. The van der Waals surface area contributed by atoms with Crippen LogP contribution in [0.15, 0.2) is 66.7 Å². The van der Waals surface area contributed by atoms with E-state index in [4.69, 9.17) is 4.74 Å². The number of carbonyl (C=O) groups excluding carboxylic acids is 2. The van der Waals surface area contributed by atoms with Gasteiger partial charge in [0.1, 0.15) is 5.82 Å².